The zero-order valence-electron chi connectivity index (χ0n) is 52.2. The number of rotatable bonds is 22. The number of hydrogen-bond acceptors (Lipinski definition) is 5. The Hall–Kier alpha value is -4.20. The van der Waals surface area contributed by atoms with Gasteiger partial charge in [-0.25, -0.2) is 4.98 Å². The van der Waals surface area contributed by atoms with E-state index in [4.69, 9.17) is 33.2 Å². The number of aliphatic hydroxyl groups is 2. The fraction of sp³-hybridized carbons (Fsp3) is 0.589. The average molecular weight is 1140 g/mol. The predicted octanol–water partition coefficient (Wildman–Crippen LogP) is 21.2. The number of benzene rings is 4. The number of hydrogen-bond donors (Lipinski definition) is 3. The molecule has 3 aromatic rings. The van der Waals surface area contributed by atoms with Crippen LogP contribution >= 0.6 is 23.2 Å². The lowest BCUT2D eigenvalue weighted by atomic mass is 9.60. The minimum atomic E-state index is -0.595. The molecule has 1 aliphatic heterocycles. The summed E-state index contributed by atoms with van der Waals surface area (Å²) in [6.07, 6.45) is 28.1. The molecule has 444 valence electrons. The van der Waals surface area contributed by atoms with E-state index in [0.717, 1.165) is 97.4 Å². The van der Waals surface area contributed by atoms with Crippen LogP contribution in [-0.2, 0) is 0 Å². The van der Waals surface area contributed by atoms with E-state index in [1.807, 2.05) is 66.7 Å². The molecule has 0 radical (unpaired) electrons. The van der Waals surface area contributed by atoms with Gasteiger partial charge < -0.3 is 20.1 Å². The lowest BCUT2D eigenvalue weighted by molar-refractivity contribution is 0.0861. The largest absolute Gasteiger partial charge is 0.393 e. The molecule has 3 fully saturated rings. The first-order valence-electron chi connectivity index (χ1n) is 31.8. The molecule has 3 N–H and O–H groups in total. The van der Waals surface area contributed by atoms with Crippen molar-refractivity contribution in [2.45, 2.75) is 223 Å². The molecule has 0 amide bonds. The van der Waals surface area contributed by atoms with Crippen LogP contribution in [0.4, 0.5) is 11.4 Å². The Bertz CT molecular complexity index is 2790. The number of halogens is 2. The van der Waals surface area contributed by atoms with Crippen LogP contribution < -0.4 is 10.7 Å². The number of nitrogens with one attached hydrogen (secondary N) is 1. The molecular formula is C73H106Cl2N4O2. The lowest BCUT2D eigenvalue weighted by Gasteiger charge is -2.44. The molecule has 81 heavy (non-hydrogen) atoms. The highest BCUT2D eigenvalue weighted by Gasteiger charge is 2.50. The van der Waals surface area contributed by atoms with E-state index in [-0.39, 0.29) is 6.04 Å². The number of nitrogens with zero attached hydrogens (tertiary/aromatic N) is 3. The minimum Gasteiger partial charge on any atom is -0.393 e. The van der Waals surface area contributed by atoms with Crippen LogP contribution in [-0.4, -0.2) is 38.0 Å². The third kappa shape index (κ3) is 20.0. The van der Waals surface area contributed by atoms with Crippen molar-refractivity contribution < 1.29 is 10.2 Å². The zero-order valence-corrected chi connectivity index (χ0v) is 53.7. The molecule has 3 saturated carbocycles. The second-order valence-electron chi connectivity index (χ2n) is 26.9. The fourth-order valence-corrected chi connectivity index (χ4v) is 13.7. The number of para-hydroxylation sites is 2. The smallest absolute Gasteiger partial charge is 0.0900 e. The van der Waals surface area contributed by atoms with E-state index in [0.29, 0.717) is 34.2 Å². The van der Waals surface area contributed by atoms with Crippen LogP contribution in [0.15, 0.2) is 125 Å². The molecule has 3 unspecified atom stereocenters. The molecule has 6 nitrogen and oxygen atoms in total. The van der Waals surface area contributed by atoms with E-state index in [1.165, 1.54) is 109 Å². The van der Waals surface area contributed by atoms with Crippen molar-refractivity contribution in [1.82, 2.24) is 9.55 Å². The topological polar surface area (TPSA) is 82.7 Å². The first-order chi connectivity index (χ1) is 38.6. The maximum atomic E-state index is 10.1. The minimum absolute atomic E-state index is 0.130. The number of aliphatic hydroxyl groups excluding tert-OH is 2. The Labute approximate surface area is 501 Å². The molecule has 0 spiro atoms. The van der Waals surface area contributed by atoms with Crippen LogP contribution in [0.25, 0.3) is 28.1 Å². The molecule has 8 heteroatoms. The number of allylic oxidation sites excluding steroid dienone is 3. The molecule has 5 aliphatic rings. The molecule has 0 aromatic heterocycles. The van der Waals surface area contributed by atoms with Crippen molar-refractivity contribution >= 4 is 45.6 Å². The Morgan fingerprint density at radius 1 is 0.716 bits per heavy atom. The van der Waals surface area contributed by atoms with Crippen molar-refractivity contribution in [1.29, 1.82) is 0 Å². The summed E-state index contributed by atoms with van der Waals surface area (Å²) >= 11 is 12.2. The molecule has 8 atom stereocenters. The molecule has 4 aliphatic carbocycles. The zero-order chi connectivity index (χ0) is 58.8. The van der Waals surface area contributed by atoms with Gasteiger partial charge in [-0.1, -0.05) is 206 Å². The molecule has 3 aromatic carbocycles. The number of anilines is 2. The third-order valence-corrected chi connectivity index (χ3v) is 18.6. The van der Waals surface area contributed by atoms with Gasteiger partial charge in [0.1, 0.15) is 0 Å². The van der Waals surface area contributed by atoms with Gasteiger partial charge in [0, 0.05) is 33.9 Å². The van der Waals surface area contributed by atoms with Crippen LogP contribution in [0.1, 0.15) is 205 Å². The highest BCUT2D eigenvalue weighted by atomic mass is 35.5. The van der Waals surface area contributed by atoms with Gasteiger partial charge in [0.15, 0.2) is 0 Å². The van der Waals surface area contributed by atoms with E-state index in [1.54, 1.807) is 5.57 Å². The Morgan fingerprint density at radius 3 is 1.88 bits per heavy atom. The van der Waals surface area contributed by atoms with Crippen LogP contribution in [0.2, 0.25) is 10.0 Å². The summed E-state index contributed by atoms with van der Waals surface area (Å²) in [7, 11) is 0. The van der Waals surface area contributed by atoms with E-state index < -0.39 is 12.2 Å². The first-order valence-corrected chi connectivity index (χ1v) is 32.6. The summed E-state index contributed by atoms with van der Waals surface area (Å²) in [4.78, 5) is 9.87. The molecule has 1 heterocycles. The maximum Gasteiger partial charge on any atom is 0.0900 e. The third-order valence-electron chi connectivity index (χ3n) is 18.1. The quantitative estimate of drug-likeness (QED) is 0.0603. The summed E-state index contributed by atoms with van der Waals surface area (Å²) in [5.41, 5.74) is 10.5. The SMILES string of the molecule is C=C1/C(=C\C=C2/CCC[C@]3(C)[C@@H]([C@H](C)CCCC(C)C)CC[C@@H]23)C[C@@H](O)CC1O.CC(C)CCCC(C)CCCC(C)CCCC(C)C.CC(C)N=c1cc2n(-c3ccc(Cl)cc3)c3ccccc3nc-2cc1Nc1ccc(Cl)cc1. The number of fused-ring (bicyclic) bond motifs is 3. The lowest BCUT2D eigenvalue weighted by Crippen LogP contribution is -2.36. The summed E-state index contributed by atoms with van der Waals surface area (Å²) < 4.78 is 2.21. The van der Waals surface area contributed by atoms with Gasteiger partial charge in [-0.05, 0) is 189 Å². The van der Waals surface area contributed by atoms with Gasteiger partial charge in [-0.3, -0.25) is 4.99 Å². The Balaban J connectivity index is 0.000000204. The van der Waals surface area contributed by atoms with Crippen molar-refractivity contribution in [2.24, 2.45) is 57.8 Å². The van der Waals surface area contributed by atoms with E-state index >= 15 is 0 Å². The highest BCUT2D eigenvalue weighted by Crippen LogP contribution is 2.60. The van der Waals surface area contributed by atoms with E-state index in [9.17, 15) is 10.2 Å². The monoisotopic (exact) mass is 1140 g/mol. The van der Waals surface area contributed by atoms with Crippen molar-refractivity contribution in [3.05, 3.63) is 136 Å². The molecule has 0 bridgehead atoms. The molecular weight excluding hydrogens is 1040 g/mol. The highest BCUT2D eigenvalue weighted by molar-refractivity contribution is 6.30. The van der Waals surface area contributed by atoms with Crippen LogP contribution in [0.5, 0.6) is 0 Å². The Kier molecular flexibility index (Phi) is 26.2. The van der Waals surface area contributed by atoms with Crippen molar-refractivity contribution in [2.75, 3.05) is 5.32 Å². The number of aromatic nitrogens is 2. The fourth-order valence-electron chi connectivity index (χ4n) is 13.5. The van der Waals surface area contributed by atoms with Crippen LogP contribution in [0.3, 0.4) is 0 Å². The second kappa shape index (κ2) is 32.2. The Morgan fingerprint density at radius 2 is 1.28 bits per heavy atom. The normalized spacial score (nSPS) is 22.6. The summed E-state index contributed by atoms with van der Waals surface area (Å²) in [5, 5.41) is 25.9. The first kappa shape index (κ1) is 65.9. The van der Waals surface area contributed by atoms with Gasteiger partial charge >= 0.3 is 0 Å². The summed E-state index contributed by atoms with van der Waals surface area (Å²) in [6.45, 7) is 32.2. The average Bonchev–Trinajstić information content (AvgIpc) is 3.77. The summed E-state index contributed by atoms with van der Waals surface area (Å²) in [5.74, 6) is 6.86. The van der Waals surface area contributed by atoms with Gasteiger partial charge in [0.25, 0.3) is 0 Å². The summed E-state index contributed by atoms with van der Waals surface area (Å²) in [6, 6.07) is 27.9. The van der Waals surface area contributed by atoms with Crippen molar-refractivity contribution in [3.8, 4) is 17.1 Å². The second-order valence-corrected chi connectivity index (χ2v) is 27.8. The standard InChI is InChI=1S/C27H22Cl2N4.C27H44O2.C19H40/c1-17(2)30-24-16-27-25(15-23(24)31-20-11-7-18(28)8-12-20)32-22-5-3-4-6-26(22)33(27)21-13-9-19(29)10-14-21;1-18(2)8-6-9-19(3)24-13-14-25-21(10-7-15-27(24,25)5)11-12-22-16-23(28)17-26(29)20(22)4;1-16(2)10-7-12-18(5)14-9-15-19(6)13-8-11-17(3)4/h3-17,31H,1-2H3;11-12,18-19,23-26,28-29H,4,6-10,13-17H2,1-3,5H3;16-19H,7-15H2,1-6H3/b;21-11+,22-12-;/t;19-,23-,24-,25+,26?,27-;/m.1./s1. The van der Waals surface area contributed by atoms with E-state index in [2.05, 4.69) is 130 Å². The van der Waals surface area contributed by atoms with Gasteiger partial charge in [-0.15, -0.1) is 0 Å². The molecule has 8 rings (SSSR count). The molecule has 0 saturated heterocycles. The van der Waals surface area contributed by atoms with Gasteiger partial charge in [0.2, 0.25) is 0 Å². The maximum absolute atomic E-state index is 10.1. The van der Waals surface area contributed by atoms with Gasteiger partial charge in [0.05, 0.1) is 45.7 Å². The van der Waals surface area contributed by atoms with Gasteiger partial charge in [-0.2, -0.15) is 0 Å². The predicted molar refractivity (Wildman–Crippen MR) is 350 cm³/mol. The van der Waals surface area contributed by atoms with Crippen molar-refractivity contribution in [3.63, 3.8) is 0 Å². The van der Waals surface area contributed by atoms with Crippen LogP contribution in [0, 0.1) is 52.8 Å².